The first-order valence-electron chi connectivity index (χ1n) is 9.71. The van der Waals surface area contributed by atoms with Crippen LogP contribution < -0.4 is 14.2 Å². The van der Waals surface area contributed by atoms with Crippen LogP contribution in [0, 0.1) is 0 Å². The Morgan fingerprint density at radius 2 is 1.43 bits per heavy atom. The fraction of sp³-hybridized carbons (Fsp3) is 0.160. The molecule has 0 spiro atoms. The zero-order valence-electron chi connectivity index (χ0n) is 16.8. The molecule has 0 aliphatic carbocycles. The lowest BCUT2D eigenvalue weighted by Crippen LogP contribution is -2.05. The van der Waals surface area contributed by atoms with Gasteiger partial charge in [-0.3, -0.25) is 0 Å². The van der Waals surface area contributed by atoms with Crippen molar-refractivity contribution in [2.75, 3.05) is 13.9 Å². The molecule has 0 radical (unpaired) electrons. The van der Waals surface area contributed by atoms with E-state index in [0.717, 1.165) is 21.9 Å². The molecule has 0 N–H and O–H groups in total. The highest BCUT2D eigenvalue weighted by atomic mass is 16.7. The summed E-state index contributed by atoms with van der Waals surface area (Å²) in [6, 6.07) is 25.7. The van der Waals surface area contributed by atoms with Gasteiger partial charge in [0.05, 0.1) is 13.7 Å². The van der Waals surface area contributed by atoms with Gasteiger partial charge in [0.2, 0.25) is 5.88 Å². The van der Waals surface area contributed by atoms with Crippen molar-refractivity contribution in [3.63, 3.8) is 0 Å². The molecule has 5 nitrogen and oxygen atoms in total. The van der Waals surface area contributed by atoms with Crippen LogP contribution in [0.2, 0.25) is 0 Å². The van der Waals surface area contributed by atoms with Crippen LogP contribution in [-0.2, 0) is 18.0 Å². The van der Waals surface area contributed by atoms with E-state index in [1.54, 1.807) is 13.3 Å². The third kappa shape index (κ3) is 4.88. The van der Waals surface area contributed by atoms with Crippen molar-refractivity contribution < 1.29 is 18.9 Å². The molecule has 0 bridgehead atoms. The van der Waals surface area contributed by atoms with Crippen molar-refractivity contribution in [2.24, 2.45) is 0 Å². The fourth-order valence-corrected chi connectivity index (χ4v) is 3.11. The van der Waals surface area contributed by atoms with Gasteiger partial charge in [0.25, 0.3) is 0 Å². The molecule has 0 saturated carbocycles. The molecule has 4 aromatic rings. The third-order valence-corrected chi connectivity index (χ3v) is 4.64. The molecule has 0 saturated heterocycles. The van der Waals surface area contributed by atoms with Gasteiger partial charge in [0, 0.05) is 11.6 Å². The van der Waals surface area contributed by atoms with Crippen LogP contribution in [0.5, 0.6) is 17.4 Å². The van der Waals surface area contributed by atoms with Crippen LogP contribution in [-0.4, -0.2) is 18.9 Å². The SMILES string of the molecule is COc1cc2ccnc(OCOCc3ccccc3)c2cc1OCc1ccccc1. The van der Waals surface area contributed by atoms with Crippen LogP contribution in [0.1, 0.15) is 11.1 Å². The van der Waals surface area contributed by atoms with Crippen molar-refractivity contribution in [1.82, 2.24) is 4.98 Å². The minimum absolute atomic E-state index is 0.104. The maximum atomic E-state index is 6.02. The number of aromatic nitrogens is 1. The molecule has 0 unspecified atom stereocenters. The standard InChI is InChI=1S/C25H23NO4/c1-27-23-14-21-12-13-26-25(30-18-28-16-19-8-4-2-5-9-19)22(21)15-24(23)29-17-20-10-6-3-7-11-20/h2-15H,16-18H2,1H3. The second kappa shape index (κ2) is 9.76. The zero-order valence-corrected chi connectivity index (χ0v) is 16.8. The maximum absolute atomic E-state index is 6.02. The second-order valence-electron chi connectivity index (χ2n) is 6.71. The summed E-state index contributed by atoms with van der Waals surface area (Å²) in [5, 5.41) is 1.79. The number of fused-ring (bicyclic) bond motifs is 1. The Hall–Kier alpha value is -3.57. The molecule has 0 atom stereocenters. The summed E-state index contributed by atoms with van der Waals surface area (Å²) in [5.74, 6) is 1.79. The first kappa shape index (κ1) is 19.7. The molecule has 0 fully saturated rings. The first-order valence-corrected chi connectivity index (χ1v) is 9.71. The van der Waals surface area contributed by atoms with Crippen LogP contribution in [0.3, 0.4) is 0 Å². The van der Waals surface area contributed by atoms with Crippen molar-refractivity contribution in [3.05, 3.63) is 96.2 Å². The van der Waals surface area contributed by atoms with E-state index in [0.29, 0.717) is 30.6 Å². The van der Waals surface area contributed by atoms with Gasteiger partial charge in [-0.2, -0.15) is 0 Å². The molecular weight excluding hydrogens is 378 g/mol. The van der Waals surface area contributed by atoms with Gasteiger partial charge in [-0.05, 0) is 34.7 Å². The minimum Gasteiger partial charge on any atom is -0.493 e. The Balaban J connectivity index is 1.49. The monoisotopic (exact) mass is 401 g/mol. The normalized spacial score (nSPS) is 10.7. The molecule has 3 aromatic carbocycles. The predicted molar refractivity (Wildman–Crippen MR) is 116 cm³/mol. The van der Waals surface area contributed by atoms with Gasteiger partial charge in [0.1, 0.15) is 6.61 Å². The Morgan fingerprint density at radius 3 is 2.13 bits per heavy atom. The topological polar surface area (TPSA) is 49.8 Å². The summed E-state index contributed by atoms with van der Waals surface area (Å²) >= 11 is 0. The number of hydrogen-bond acceptors (Lipinski definition) is 5. The fourth-order valence-electron chi connectivity index (χ4n) is 3.11. The van der Waals surface area contributed by atoms with Crippen LogP contribution >= 0.6 is 0 Å². The largest absolute Gasteiger partial charge is 0.493 e. The van der Waals surface area contributed by atoms with E-state index in [1.807, 2.05) is 78.9 Å². The lowest BCUT2D eigenvalue weighted by atomic mass is 10.1. The van der Waals surface area contributed by atoms with Gasteiger partial charge in [-0.1, -0.05) is 60.7 Å². The molecule has 30 heavy (non-hydrogen) atoms. The van der Waals surface area contributed by atoms with Crippen molar-refractivity contribution >= 4 is 10.8 Å². The smallest absolute Gasteiger partial charge is 0.223 e. The number of hydrogen-bond donors (Lipinski definition) is 0. The summed E-state index contributed by atoms with van der Waals surface area (Å²) in [4.78, 5) is 4.37. The van der Waals surface area contributed by atoms with Gasteiger partial charge < -0.3 is 18.9 Å². The average molecular weight is 401 g/mol. The Morgan fingerprint density at radius 1 is 0.733 bits per heavy atom. The Kier molecular flexibility index (Phi) is 6.42. The summed E-state index contributed by atoms with van der Waals surface area (Å²) in [7, 11) is 1.63. The van der Waals surface area contributed by atoms with Gasteiger partial charge in [-0.15, -0.1) is 0 Å². The van der Waals surface area contributed by atoms with Gasteiger partial charge >= 0.3 is 0 Å². The molecule has 0 aliphatic heterocycles. The van der Waals surface area contributed by atoms with Gasteiger partial charge in [-0.25, -0.2) is 4.98 Å². The molecule has 5 heteroatoms. The first-order chi connectivity index (χ1) is 14.8. The molecular formula is C25H23NO4. The van der Waals surface area contributed by atoms with Crippen molar-refractivity contribution in [2.45, 2.75) is 13.2 Å². The van der Waals surface area contributed by atoms with E-state index in [1.165, 1.54) is 0 Å². The van der Waals surface area contributed by atoms with E-state index < -0.39 is 0 Å². The molecule has 0 aliphatic rings. The number of rotatable bonds is 9. The van der Waals surface area contributed by atoms with E-state index >= 15 is 0 Å². The zero-order chi connectivity index (χ0) is 20.6. The summed E-state index contributed by atoms with van der Waals surface area (Å²) in [5.41, 5.74) is 2.17. The van der Waals surface area contributed by atoms with Crippen LogP contribution in [0.25, 0.3) is 10.8 Å². The Labute approximate surface area is 175 Å². The van der Waals surface area contributed by atoms with E-state index in [2.05, 4.69) is 4.98 Å². The number of pyridine rings is 1. The van der Waals surface area contributed by atoms with E-state index in [4.69, 9.17) is 18.9 Å². The Bertz CT molecular complexity index is 1080. The minimum atomic E-state index is 0.104. The highest BCUT2D eigenvalue weighted by molar-refractivity contribution is 5.89. The maximum Gasteiger partial charge on any atom is 0.223 e. The average Bonchev–Trinajstić information content (AvgIpc) is 2.81. The van der Waals surface area contributed by atoms with Gasteiger partial charge in [0.15, 0.2) is 18.3 Å². The van der Waals surface area contributed by atoms with Crippen LogP contribution in [0.4, 0.5) is 0 Å². The second-order valence-corrected chi connectivity index (χ2v) is 6.71. The summed E-state index contributed by atoms with van der Waals surface area (Å²) in [6.07, 6.45) is 1.71. The summed E-state index contributed by atoms with van der Waals surface area (Å²) in [6.45, 7) is 1.03. The molecule has 0 amide bonds. The lowest BCUT2D eigenvalue weighted by Gasteiger charge is -2.14. The molecule has 152 valence electrons. The molecule has 1 aromatic heterocycles. The van der Waals surface area contributed by atoms with Crippen molar-refractivity contribution in [1.29, 1.82) is 0 Å². The predicted octanol–water partition coefficient (Wildman–Crippen LogP) is 5.38. The molecule has 1 heterocycles. The third-order valence-electron chi connectivity index (χ3n) is 4.64. The quantitative estimate of drug-likeness (QED) is 0.279. The number of ether oxygens (including phenoxy) is 4. The van der Waals surface area contributed by atoms with E-state index in [9.17, 15) is 0 Å². The highest BCUT2D eigenvalue weighted by Crippen LogP contribution is 2.36. The molecule has 4 rings (SSSR count). The number of nitrogens with zero attached hydrogens (tertiary/aromatic N) is 1. The number of methoxy groups -OCH3 is 1. The van der Waals surface area contributed by atoms with E-state index in [-0.39, 0.29) is 6.79 Å². The van der Waals surface area contributed by atoms with Crippen LogP contribution in [0.15, 0.2) is 85.1 Å². The summed E-state index contributed by atoms with van der Waals surface area (Å²) < 4.78 is 23.0. The highest BCUT2D eigenvalue weighted by Gasteiger charge is 2.12. The number of benzene rings is 3. The lowest BCUT2D eigenvalue weighted by molar-refractivity contribution is 0.00349. The van der Waals surface area contributed by atoms with Crippen molar-refractivity contribution in [3.8, 4) is 17.4 Å².